The Bertz CT molecular complexity index is 833. The van der Waals surface area contributed by atoms with E-state index in [2.05, 4.69) is 52.2 Å². The highest BCUT2D eigenvalue weighted by Gasteiger charge is 2.03. The predicted molar refractivity (Wildman–Crippen MR) is 205 cm³/mol. The van der Waals surface area contributed by atoms with Gasteiger partial charge >= 0.3 is 17.9 Å². The van der Waals surface area contributed by atoms with Crippen LogP contribution in [0.4, 0.5) is 0 Å². The van der Waals surface area contributed by atoms with Gasteiger partial charge in [0.2, 0.25) is 5.91 Å². The third-order valence-electron chi connectivity index (χ3n) is 7.15. The fourth-order valence-electron chi connectivity index (χ4n) is 4.02. The van der Waals surface area contributed by atoms with Gasteiger partial charge in [0.25, 0.3) is 0 Å². The molecule has 0 radical (unpaired) electrons. The normalized spacial score (nSPS) is 10.5. The molecule has 12 heteroatoms. The van der Waals surface area contributed by atoms with E-state index in [1.165, 1.54) is 19.3 Å². The fourth-order valence-corrected chi connectivity index (χ4v) is 4.02. The largest absolute Gasteiger partial charge is 0.481 e. The number of carbonyl (C=O) groups excluding carboxylic acids is 2. The summed E-state index contributed by atoms with van der Waals surface area (Å²) in [7, 11) is 0. The maximum Gasteiger partial charge on any atom is 0.305 e. The third-order valence-corrected chi connectivity index (χ3v) is 7.15. The van der Waals surface area contributed by atoms with E-state index in [4.69, 9.17) is 24.8 Å². The van der Waals surface area contributed by atoms with Gasteiger partial charge in [0, 0.05) is 38.3 Å². The molecule has 0 aromatic rings. The minimum atomic E-state index is -0.871. The van der Waals surface area contributed by atoms with Crippen LogP contribution in [-0.4, -0.2) is 91.0 Å². The number of ketones is 1. The molecule has 0 aromatic carbocycles. The summed E-state index contributed by atoms with van der Waals surface area (Å²) < 4.78 is 10.2. The third kappa shape index (κ3) is 63.0. The monoisotopic (exact) mass is 735 g/mol. The molecule has 304 valence electrons. The smallest absolute Gasteiger partial charge is 0.305 e. The number of ether oxygens (including phenoxy) is 2. The van der Waals surface area contributed by atoms with Gasteiger partial charge in [-0.15, -0.1) is 0 Å². The van der Waals surface area contributed by atoms with E-state index in [9.17, 15) is 24.0 Å². The second-order valence-corrected chi connectivity index (χ2v) is 14.1. The number of unbranched alkanes of at least 4 members (excludes halogenated alkanes) is 3. The molecular formula is C39H78N2O10. The Morgan fingerprint density at radius 1 is 0.510 bits per heavy atom. The van der Waals surface area contributed by atoms with E-state index in [0.717, 1.165) is 57.5 Å². The van der Waals surface area contributed by atoms with Crippen molar-refractivity contribution in [3.63, 3.8) is 0 Å². The molecule has 0 aliphatic heterocycles. The minimum Gasteiger partial charge on any atom is -0.481 e. The lowest BCUT2D eigenvalue weighted by Gasteiger charge is -2.06. The molecule has 0 unspecified atom stereocenters. The van der Waals surface area contributed by atoms with E-state index >= 15 is 0 Å². The molecule has 51 heavy (non-hydrogen) atoms. The Balaban J connectivity index is -0.000000305. The Kier molecular flexibility index (Phi) is 45.3. The van der Waals surface area contributed by atoms with Crippen molar-refractivity contribution >= 4 is 29.6 Å². The maximum atomic E-state index is 11.4. The van der Waals surface area contributed by atoms with Gasteiger partial charge in [0.05, 0.1) is 39.3 Å². The topological polar surface area (TPSA) is 189 Å². The molecule has 1 amide bonds. The van der Waals surface area contributed by atoms with Crippen molar-refractivity contribution in [1.29, 1.82) is 0 Å². The van der Waals surface area contributed by atoms with Crippen LogP contribution >= 0.6 is 0 Å². The van der Waals surface area contributed by atoms with Crippen LogP contribution < -0.4 is 10.6 Å². The molecule has 0 bridgehead atoms. The highest BCUT2D eigenvalue weighted by atomic mass is 16.5. The van der Waals surface area contributed by atoms with Crippen molar-refractivity contribution < 1.29 is 48.8 Å². The van der Waals surface area contributed by atoms with Gasteiger partial charge in [-0.05, 0) is 43.6 Å². The zero-order valence-corrected chi connectivity index (χ0v) is 33.9. The average Bonchev–Trinajstić information content (AvgIpc) is 3.03. The van der Waals surface area contributed by atoms with Crippen LogP contribution in [0.3, 0.4) is 0 Å². The molecule has 0 aliphatic carbocycles. The first-order valence-electron chi connectivity index (χ1n) is 19.3. The van der Waals surface area contributed by atoms with Crippen LogP contribution in [-0.2, 0) is 33.4 Å². The van der Waals surface area contributed by atoms with Crippen LogP contribution in [0.5, 0.6) is 0 Å². The Morgan fingerprint density at radius 2 is 0.922 bits per heavy atom. The predicted octanol–water partition coefficient (Wildman–Crippen LogP) is 7.61. The number of hydrogen-bond donors (Lipinski definition) is 5. The number of amides is 1. The first-order chi connectivity index (χ1) is 24.0. The van der Waals surface area contributed by atoms with Gasteiger partial charge in [-0.2, -0.15) is 0 Å². The van der Waals surface area contributed by atoms with E-state index in [1.54, 1.807) is 0 Å². The number of aliphatic carboxylic acids is 3. The van der Waals surface area contributed by atoms with Crippen LogP contribution in [0.25, 0.3) is 0 Å². The van der Waals surface area contributed by atoms with Crippen molar-refractivity contribution in [2.75, 3.05) is 46.1 Å². The van der Waals surface area contributed by atoms with Gasteiger partial charge in [-0.3, -0.25) is 24.0 Å². The lowest BCUT2D eigenvalue weighted by molar-refractivity contribution is -0.139. The van der Waals surface area contributed by atoms with Gasteiger partial charge in [-0.1, -0.05) is 101 Å². The van der Waals surface area contributed by atoms with Crippen molar-refractivity contribution in [1.82, 2.24) is 10.6 Å². The van der Waals surface area contributed by atoms with Crippen LogP contribution in [0.15, 0.2) is 0 Å². The standard InChI is InChI=1S/C13H25NO4.C12H25NO3.C8H16O2.C6H12O/c1-11(2)5-3-4-6-12(15)14-8-10-18-9-7-13(16)17;1-11(2)5-3-4-7-13-8-10-16-9-6-12(14)15;1-7(2)5-3-4-6-8(9)10;1-4-6(7)5(2)3/h11H,3-10H2,1-2H3,(H,14,15)(H,16,17);11,13H,3-10H2,1-2H3,(H,14,15);7H,3-6H2,1-2H3,(H,9,10);5H,4H2,1-3H3. The van der Waals surface area contributed by atoms with Crippen molar-refractivity contribution in [3.8, 4) is 0 Å². The van der Waals surface area contributed by atoms with Crippen LogP contribution in [0.1, 0.15) is 152 Å². The van der Waals surface area contributed by atoms with Gasteiger partial charge in [0.1, 0.15) is 5.78 Å². The summed E-state index contributed by atoms with van der Waals surface area (Å²) in [4.78, 5) is 52.3. The molecule has 0 saturated carbocycles. The number of rotatable bonds is 29. The molecule has 12 nitrogen and oxygen atoms in total. The lowest BCUT2D eigenvalue weighted by atomic mass is 10.1. The number of carboxylic acid groups (broad SMARTS) is 3. The quantitative estimate of drug-likeness (QED) is 0.0476. The lowest BCUT2D eigenvalue weighted by Crippen LogP contribution is -2.27. The molecule has 0 aromatic heterocycles. The number of Topliss-reactive ketones (excluding diaryl/α,β-unsaturated/α-hetero) is 1. The van der Waals surface area contributed by atoms with Crippen molar-refractivity contribution in [3.05, 3.63) is 0 Å². The minimum absolute atomic E-state index is 0.00312. The molecule has 0 fully saturated rings. The zero-order chi connectivity index (χ0) is 39.9. The van der Waals surface area contributed by atoms with Crippen molar-refractivity contribution in [2.45, 2.75) is 152 Å². The summed E-state index contributed by atoms with van der Waals surface area (Å²) in [5, 5.41) is 31.0. The summed E-state index contributed by atoms with van der Waals surface area (Å²) in [5.41, 5.74) is 0. The molecule has 0 aliphatic rings. The molecule has 0 rings (SSSR count). The van der Waals surface area contributed by atoms with Gasteiger partial charge in [-0.25, -0.2) is 0 Å². The van der Waals surface area contributed by atoms with Gasteiger partial charge < -0.3 is 35.4 Å². The maximum absolute atomic E-state index is 11.4. The molecule has 0 saturated heterocycles. The number of carbonyl (C=O) groups is 5. The summed E-state index contributed by atoms with van der Waals surface area (Å²) in [6.45, 7) is 22.6. The zero-order valence-electron chi connectivity index (χ0n) is 33.9. The molecular weight excluding hydrogens is 656 g/mol. The highest BCUT2D eigenvalue weighted by Crippen LogP contribution is 2.08. The second-order valence-electron chi connectivity index (χ2n) is 14.1. The van der Waals surface area contributed by atoms with Crippen molar-refractivity contribution in [2.24, 2.45) is 23.7 Å². The number of nitrogens with one attached hydrogen (secondary N) is 2. The van der Waals surface area contributed by atoms with E-state index in [0.29, 0.717) is 63.2 Å². The summed E-state index contributed by atoms with van der Waals surface area (Å²) in [6.07, 6.45) is 11.6. The number of carboxylic acids is 3. The first kappa shape index (κ1) is 55.2. The molecule has 5 N–H and O–H groups in total. The summed E-state index contributed by atoms with van der Waals surface area (Å²) in [5.74, 6) is 0.448. The fraction of sp³-hybridized carbons (Fsp3) is 0.872. The summed E-state index contributed by atoms with van der Waals surface area (Å²) in [6, 6.07) is 0. The Hall–Kier alpha value is -2.57. The first-order valence-corrected chi connectivity index (χ1v) is 19.3. The van der Waals surface area contributed by atoms with E-state index in [1.807, 2.05) is 20.8 Å². The van der Waals surface area contributed by atoms with E-state index in [-0.39, 0.29) is 31.3 Å². The Labute approximate surface area is 310 Å². The Morgan fingerprint density at radius 3 is 1.29 bits per heavy atom. The van der Waals surface area contributed by atoms with Gasteiger partial charge in [0.15, 0.2) is 0 Å². The SMILES string of the molecule is CC(C)CCCCC(=O)NCCOCCC(=O)O.CC(C)CCCCC(=O)O.CC(C)CCCCNCCOCCC(=O)O.CCC(=O)C(C)C. The van der Waals surface area contributed by atoms with Crippen LogP contribution in [0, 0.1) is 23.7 Å². The highest BCUT2D eigenvalue weighted by molar-refractivity contribution is 5.79. The molecule has 0 spiro atoms. The summed E-state index contributed by atoms with van der Waals surface area (Å²) >= 11 is 0. The second kappa shape index (κ2) is 41.8. The average molecular weight is 735 g/mol. The molecule has 0 atom stereocenters. The van der Waals surface area contributed by atoms with Crippen LogP contribution in [0.2, 0.25) is 0 Å². The molecule has 0 heterocycles. The van der Waals surface area contributed by atoms with E-state index < -0.39 is 17.9 Å². The number of hydrogen-bond acceptors (Lipinski definition) is 8.